The molecule has 0 aliphatic carbocycles. The Morgan fingerprint density at radius 3 is 2.77 bits per heavy atom. The number of rotatable bonds is 5. The fourth-order valence-corrected chi connectivity index (χ4v) is 4.03. The summed E-state index contributed by atoms with van der Waals surface area (Å²) in [5, 5.41) is 0. The maximum Gasteiger partial charge on any atom is 0.263 e. The molecule has 2 aromatic heterocycles. The Kier molecular flexibility index (Phi) is 5.41. The molecule has 6 nitrogen and oxygen atoms in total. The zero-order chi connectivity index (χ0) is 18.8. The van der Waals surface area contributed by atoms with Gasteiger partial charge in [0.1, 0.15) is 12.0 Å². The molecule has 3 heterocycles. The molecule has 0 aromatic carbocycles. The summed E-state index contributed by atoms with van der Waals surface area (Å²) in [7, 11) is 5.51. The number of carbonyl (C=O) groups excluding carboxylic acids is 1. The van der Waals surface area contributed by atoms with Gasteiger partial charge in [0.15, 0.2) is 0 Å². The highest BCUT2D eigenvalue weighted by Crippen LogP contribution is 2.27. The molecule has 2 aromatic rings. The predicted molar refractivity (Wildman–Crippen MR) is 103 cm³/mol. The van der Waals surface area contributed by atoms with Gasteiger partial charge in [-0.2, -0.15) is 4.98 Å². The Labute approximate surface area is 157 Å². The van der Waals surface area contributed by atoms with Gasteiger partial charge in [-0.25, -0.2) is 9.37 Å². The predicted octanol–water partition coefficient (Wildman–Crippen LogP) is 2.60. The van der Waals surface area contributed by atoms with Crippen LogP contribution in [0.2, 0.25) is 0 Å². The van der Waals surface area contributed by atoms with Crippen LogP contribution in [-0.2, 0) is 0 Å². The molecule has 0 N–H and O–H groups in total. The van der Waals surface area contributed by atoms with Crippen LogP contribution in [0.4, 0.5) is 16.2 Å². The van der Waals surface area contributed by atoms with Gasteiger partial charge in [-0.1, -0.05) is 0 Å². The number of thiophene rings is 1. The van der Waals surface area contributed by atoms with Gasteiger partial charge in [-0.15, -0.1) is 11.3 Å². The van der Waals surface area contributed by atoms with Gasteiger partial charge in [0.25, 0.3) is 5.91 Å². The molecule has 0 saturated carbocycles. The lowest BCUT2D eigenvalue weighted by atomic mass is 10.2. The van der Waals surface area contributed by atoms with Crippen LogP contribution in [0.5, 0.6) is 0 Å². The Balaban J connectivity index is 1.75. The third-order valence-corrected chi connectivity index (χ3v) is 5.46. The third-order valence-electron chi connectivity index (χ3n) is 4.47. The number of likely N-dealkylation sites (N-methyl/N-ethyl adjacent to an activating group) is 1. The second-order valence-electron chi connectivity index (χ2n) is 6.84. The minimum absolute atomic E-state index is 0.0259. The Morgan fingerprint density at radius 1 is 1.35 bits per heavy atom. The molecule has 2 atom stereocenters. The average Bonchev–Trinajstić information content (AvgIpc) is 3.20. The molecular weight excluding hydrogens is 353 g/mol. The van der Waals surface area contributed by atoms with Crippen molar-refractivity contribution in [3.05, 3.63) is 34.2 Å². The van der Waals surface area contributed by atoms with Crippen LogP contribution >= 0.6 is 11.3 Å². The molecule has 1 aliphatic heterocycles. The van der Waals surface area contributed by atoms with Crippen molar-refractivity contribution >= 4 is 29.0 Å². The molecular formula is C18H24FN5OS. The van der Waals surface area contributed by atoms with E-state index in [9.17, 15) is 9.18 Å². The van der Waals surface area contributed by atoms with Crippen molar-refractivity contribution in [2.45, 2.75) is 25.6 Å². The maximum absolute atomic E-state index is 14.1. The molecule has 1 amide bonds. The summed E-state index contributed by atoms with van der Waals surface area (Å²) in [5.41, 5.74) is 0. The zero-order valence-electron chi connectivity index (χ0n) is 15.5. The number of hydrogen-bond acceptors (Lipinski definition) is 6. The average molecular weight is 377 g/mol. The van der Waals surface area contributed by atoms with Crippen molar-refractivity contribution in [1.29, 1.82) is 0 Å². The largest absolute Gasteiger partial charge is 0.349 e. The summed E-state index contributed by atoms with van der Waals surface area (Å²) in [6, 6.07) is 5.47. The second kappa shape index (κ2) is 7.57. The van der Waals surface area contributed by atoms with Gasteiger partial charge >= 0.3 is 0 Å². The third kappa shape index (κ3) is 3.95. The van der Waals surface area contributed by atoms with Crippen LogP contribution in [0.3, 0.4) is 0 Å². The quantitative estimate of drug-likeness (QED) is 0.802. The lowest BCUT2D eigenvalue weighted by Gasteiger charge is -2.29. The van der Waals surface area contributed by atoms with Crippen LogP contribution in [-0.4, -0.2) is 67.2 Å². The molecule has 0 spiro atoms. The Bertz CT molecular complexity index is 780. The summed E-state index contributed by atoms with van der Waals surface area (Å²) in [4.78, 5) is 28.6. The van der Waals surface area contributed by atoms with E-state index in [1.807, 2.05) is 43.0 Å². The van der Waals surface area contributed by atoms with E-state index in [-0.39, 0.29) is 18.5 Å². The number of halogens is 1. The van der Waals surface area contributed by atoms with Crippen molar-refractivity contribution in [2.24, 2.45) is 0 Å². The van der Waals surface area contributed by atoms with Gasteiger partial charge in [0, 0.05) is 45.2 Å². The van der Waals surface area contributed by atoms with Crippen molar-refractivity contribution in [1.82, 2.24) is 14.9 Å². The van der Waals surface area contributed by atoms with Crippen LogP contribution in [0, 0.1) is 6.92 Å². The smallest absolute Gasteiger partial charge is 0.263 e. The summed E-state index contributed by atoms with van der Waals surface area (Å²) >= 11 is 1.48. The Morgan fingerprint density at radius 2 is 2.12 bits per heavy atom. The van der Waals surface area contributed by atoms with Crippen molar-refractivity contribution in [3.63, 3.8) is 0 Å². The number of amides is 1. The van der Waals surface area contributed by atoms with Gasteiger partial charge < -0.3 is 14.7 Å². The number of aromatic nitrogens is 2. The highest BCUT2D eigenvalue weighted by Gasteiger charge is 2.34. The number of alkyl halides is 1. The first-order valence-electron chi connectivity index (χ1n) is 8.58. The summed E-state index contributed by atoms with van der Waals surface area (Å²) in [6.45, 7) is 2.72. The van der Waals surface area contributed by atoms with E-state index < -0.39 is 6.17 Å². The topological polar surface area (TPSA) is 52.6 Å². The fraction of sp³-hybridized carbons (Fsp3) is 0.500. The van der Waals surface area contributed by atoms with Crippen LogP contribution in [0.25, 0.3) is 0 Å². The maximum atomic E-state index is 14.1. The molecule has 0 radical (unpaired) electrons. The minimum atomic E-state index is -0.926. The SMILES string of the molecule is Cc1ccc(C(=O)N(C)C[C@@H]2C[C@H](F)CN2c2ccnc(N(C)C)n2)s1. The highest BCUT2D eigenvalue weighted by atomic mass is 32.1. The summed E-state index contributed by atoms with van der Waals surface area (Å²) < 4.78 is 14.1. The molecule has 0 bridgehead atoms. The lowest BCUT2D eigenvalue weighted by Crippen LogP contribution is -2.41. The van der Waals surface area contributed by atoms with E-state index in [4.69, 9.17) is 0 Å². The first-order valence-corrected chi connectivity index (χ1v) is 9.39. The van der Waals surface area contributed by atoms with Gasteiger partial charge in [0.05, 0.1) is 17.5 Å². The van der Waals surface area contributed by atoms with E-state index in [2.05, 4.69) is 9.97 Å². The van der Waals surface area contributed by atoms with Crippen molar-refractivity contribution < 1.29 is 9.18 Å². The van der Waals surface area contributed by atoms with E-state index in [1.54, 1.807) is 24.2 Å². The van der Waals surface area contributed by atoms with Crippen molar-refractivity contribution in [3.8, 4) is 0 Å². The second-order valence-corrected chi connectivity index (χ2v) is 8.13. The number of hydrogen-bond donors (Lipinski definition) is 0. The molecule has 3 rings (SSSR count). The molecule has 140 valence electrons. The molecule has 1 aliphatic rings. The van der Waals surface area contributed by atoms with Crippen LogP contribution in [0.15, 0.2) is 24.4 Å². The van der Waals surface area contributed by atoms with E-state index >= 15 is 0 Å². The van der Waals surface area contributed by atoms with Gasteiger partial charge in [0.2, 0.25) is 5.95 Å². The molecule has 26 heavy (non-hydrogen) atoms. The van der Waals surface area contributed by atoms with E-state index in [0.717, 1.165) is 4.88 Å². The highest BCUT2D eigenvalue weighted by molar-refractivity contribution is 7.13. The number of nitrogens with zero attached hydrogens (tertiary/aromatic N) is 5. The summed E-state index contributed by atoms with van der Waals surface area (Å²) in [5.74, 6) is 1.26. The molecule has 1 fully saturated rings. The summed E-state index contributed by atoms with van der Waals surface area (Å²) in [6.07, 6.45) is 1.15. The van der Waals surface area contributed by atoms with E-state index in [1.165, 1.54) is 11.3 Å². The van der Waals surface area contributed by atoms with E-state index in [0.29, 0.717) is 29.6 Å². The number of carbonyl (C=O) groups is 1. The Hall–Kier alpha value is -2.22. The van der Waals surface area contributed by atoms with Gasteiger partial charge in [-0.05, 0) is 25.1 Å². The van der Waals surface area contributed by atoms with Gasteiger partial charge in [-0.3, -0.25) is 4.79 Å². The van der Waals surface area contributed by atoms with Crippen molar-refractivity contribution in [2.75, 3.05) is 44.0 Å². The standard InChI is InChI=1S/C18H24FN5OS/c1-12-5-6-15(26-12)17(25)23(4)11-14-9-13(19)10-24(14)16-7-8-20-18(21-16)22(2)3/h5-8,13-14H,9-11H2,1-4H3/t13-,14-/m0/s1. The molecule has 0 unspecified atom stereocenters. The minimum Gasteiger partial charge on any atom is -0.349 e. The zero-order valence-corrected chi connectivity index (χ0v) is 16.3. The normalized spacial score (nSPS) is 19.7. The monoisotopic (exact) mass is 377 g/mol. The molecule has 1 saturated heterocycles. The number of aryl methyl sites for hydroxylation is 1. The first kappa shape index (κ1) is 18.6. The van der Waals surface area contributed by atoms with Crippen LogP contribution in [0.1, 0.15) is 21.0 Å². The lowest BCUT2D eigenvalue weighted by molar-refractivity contribution is 0.0790. The molecule has 8 heteroatoms. The fourth-order valence-electron chi connectivity index (χ4n) is 3.16. The first-order chi connectivity index (χ1) is 12.3. The number of anilines is 2. The van der Waals surface area contributed by atoms with Crippen LogP contribution < -0.4 is 9.80 Å².